The van der Waals surface area contributed by atoms with Gasteiger partial charge in [-0.1, -0.05) is 12.1 Å². The van der Waals surface area contributed by atoms with Crippen molar-refractivity contribution in [3.8, 4) is 0 Å². The number of sulfonamides is 1. The van der Waals surface area contributed by atoms with Gasteiger partial charge in [0.1, 0.15) is 0 Å². The molecular formula is C17H17N2O6S2-. The summed E-state index contributed by atoms with van der Waals surface area (Å²) in [6, 6.07) is 6.89. The fraction of sp³-hybridized carbons (Fsp3) is 0.294. The normalized spacial score (nSPS) is 15.4. The maximum atomic E-state index is 12.8. The van der Waals surface area contributed by atoms with Crippen molar-refractivity contribution >= 4 is 38.9 Å². The van der Waals surface area contributed by atoms with Gasteiger partial charge in [0.2, 0.25) is 10.0 Å². The second kappa shape index (κ2) is 7.77. The van der Waals surface area contributed by atoms with Gasteiger partial charge in [0, 0.05) is 23.7 Å². The Bertz CT molecular complexity index is 960. The van der Waals surface area contributed by atoms with E-state index in [0.717, 1.165) is 11.3 Å². The number of ether oxygens (including phenoxy) is 1. The van der Waals surface area contributed by atoms with Gasteiger partial charge < -0.3 is 20.0 Å². The molecule has 0 aliphatic carbocycles. The fourth-order valence-corrected chi connectivity index (χ4v) is 5.51. The SMILES string of the molecule is Cc1sc(C(=O)Nc2ccc(C(=O)[O-])cc2)cc1S(=O)(=O)N1CCOCC1. The zero-order valence-electron chi connectivity index (χ0n) is 14.4. The van der Waals surface area contributed by atoms with E-state index in [2.05, 4.69) is 5.32 Å². The zero-order chi connectivity index (χ0) is 19.6. The quantitative estimate of drug-likeness (QED) is 0.777. The molecule has 1 amide bonds. The zero-order valence-corrected chi connectivity index (χ0v) is 16.1. The van der Waals surface area contributed by atoms with E-state index in [9.17, 15) is 23.1 Å². The number of carboxylic acids is 1. The largest absolute Gasteiger partial charge is 0.545 e. The number of carboxylic acid groups (broad SMARTS) is 1. The summed E-state index contributed by atoms with van der Waals surface area (Å²) in [6.07, 6.45) is 0. The standard InChI is InChI=1S/C17H18N2O6S2/c1-11-15(27(23,24)19-6-8-25-9-7-19)10-14(26-11)16(20)18-13-4-2-12(3-5-13)17(21)22/h2-5,10H,6-9H2,1H3,(H,18,20)(H,21,22)/p-1. The Labute approximate surface area is 160 Å². The minimum atomic E-state index is -3.68. The number of rotatable bonds is 5. The highest BCUT2D eigenvalue weighted by Gasteiger charge is 2.30. The molecule has 0 saturated carbocycles. The van der Waals surface area contributed by atoms with Crippen LogP contribution >= 0.6 is 11.3 Å². The number of benzene rings is 1. The summed E-state index contributed by atoms with van der Waals surface area (Å²) in [5.74, 6) is -1.77. The molecule has 0 spiro atoms. The molecule has 0 bridgehead atoms. The summed E-state index contributed by atoms with van der Waals surface area (Å²) in [4.78, 5) is 24.1. The number of nitrogens with zero attached hydrogens (tertiary/aromatic N) is 1. The van der Waals surface area contributed by atoms with Gasteiger partial charge in [-0.15, -0.1) is 11.3 Å². The van der Waals surface area contributed by atoms with Crippen molar-refractivity contribution in [3.63, 3.8) is 0 Å². The van der Waals surface area contributed by atoms with Crippen molar-refractivity contribution < 1.29 is 27.9 Å². The van der Waals surface area contributed by atoms with Gasteiger partial charge in [0.05, 0.1) is 29.0 Å². The Balaban J connectivity index is 1.78. The Kier molecular flexibility index (Phi) is 5.61. The average molecular weight is 409 g/mol. The molecule has 1 fully saturated rings. The van der Waals surface area contributed by atoms with Crippen LogP contribution < -0.4 is 10.4 Å². The molecule has 8 nitrogen and oxygen atoms in total. The van der Waals surface area contributed by atoms with Crippen molar-refractivity contribution in [2.24, 2.45) is 0 Å². The molecule has 1 aromatic heterocycles. The first-order chi connectivity index (χ1) is 12.8. The molecule has 1 N–H and O–H groups in total. The van der Waals surface area contributed by atoms with E-state index in [4.69, 9.17) is 4.74 Å². The molecule has 144 valence electrons. The van der Waals surface area contributed by atoms with Crippen molar-refractivity contribution in [2.75, 3.05) is 31.6 Å². The molecule has 10 heteroatoms. The first-order valence-electron chi connectivity index (χ1n) is 8.10. The van der Waals surface area contributed by atoms with Crippen molar-refractivity contribution in [3.05, 3.63) is 45.6 Å². The maximum Gasteiger partial charge on any atom is 0.265 e. The highest BCUT2D eigenvalue weighted by molar-refractivity contribution is 7.89. The molecule has 1 aliphatic rings. The highest BCUT2D eigenvalue weighted by atomic mass is 32.2. The number of carbonyl (C=O) groups excluding carboxylic acids is 2. The summed E-state index contributed by atoms with van der Waals surface area (Å²) in [6.45, 7) is 2.91. The molecular weight excluding hydrogens is 392 g/mol. The smallest absolute Gasteiger partial charge is 0.265 e. The van der Waals surface area contributed by atoms with E-state index in [1.165, 1.54) is 34.6 Å². The van der Waals surface area contributed by atoms with Crippen molar-refractivity contribution in [1.29, 1.82) is 0 Å². The van der Waals surface area contributed by atoms with Crippen molar-refractivity contribution in [1.82, 2.24) is 4.31 Å². The van der Waals surface area contributed by atoms with Crippen LogP contribution in [0.15, 0.2) is 35.2 Å². The minimum Gasteiger partial charge on any atom is -0.545 e. The van der Waals surface area contributed by atoms with Gasteiger partial charge in [-0.25, -0.2) is 8.42 Å². The fourth-order valence-electron chi connectivity index (χ4n) is 2.64. The summed E-state index contributed by atoms with van der Waals surface area (Å²) in [5.41, 5.74) is 0.396. The second-order valence-electron chi connectivity index (χ2n) is 5.87. The second-order valence-corrected chi connectivity index (χ2v) is 9.03. The molecule has 0 radical (unpaired) electrons. The molecule has 27 heavy (non-hydrogen) atoms. The lowest BCUT2D eigenvalue weighted by Gasteiger charge is -2.25. The average Bonchev–Trinajstić information content (AvgIpc) is 3.05. The summed E-state index contributed by atoms with van der Waals surface area (Å²) < 4.78 is 32.1. The van der Waals surface area contributed by atoms with Crippen LogP contribution in [0.3, 0.4) is 0 Å². The first kappa shape index (κ1) is 19.5. The number of aryl methyl sites for hydroxylation is 1. The number of hydrogen-bond donors (Lipinski definition) is 1. The highest BCUT2D eigenvalue weighted by Crippen LogP contribution is 2.29. The van der Waals surface area contributed by atoms with Gasteiger partial charge in [-0.3, -0.25) is 4.79 Å². The Morgan fingerprint density at radius 2 is 1.81 bits per heavy atom. The molecule has 3 rings (SSSR count). The van der Waals surface area contributed by atoms with E-state index in [1.807, 2.05) is 0 Å². The number of hydrogen-bond acceptors (Lipinski definition) is 7. The van der Waals surface area contributed by atoms with E-state index in [0.29, 0.717) is 23.8 Å². The van der Waals surface area contributed by atoms with Crippen LogP contribution in [-0.4, -0.2) is 50.9 Å². The van der Waals surface area contributed by atoms with E-state index in [1.54, 1.807) is 6.92 Å². The number of nitrogens with one attached hydrogen (secondary N) is 1. The van der Waals surface area contributed by atoms with Gasteiger partial charge in [-0.05, 0) is 30.7 Å². The molecule has 1 saturated heterocycles. The van der Waals surface area contributed by atoms with Crippen molar-refractivity contribution in [2.45, 2.75) is 11.8 Å². The topological polar surface area (TPSA) is 116 Å². The Hall–Kier alpha value is -2.27. The number of morpholine rings is 1. The lowest BCUT2D eigenvalue weighted by atomic mass is 10.2. The molecule has 1 aromatic carbocycles. The number of aromatic carboxylic acids is 1. The predicted octanol–water partition coefficient (Wildman–Crippen LogP) is 0.693. The Morgan fingerprint density at radius 1 is 1.19 bits per heavy atom. The monoisotopic (exact) mass is 409 g/mol. The summed E-state index contributed by atoms with van der Waals surface area (Å²) in [5, 5.41) is 13.4. The van der Waals surface area contributed by atoms with E-state index >= 15 is 0 Å². The van der Waals surface area contributed by atoms with Crippen LogP contribution in [0.1, 0.15) is 24.9 Å². The predicted molar refractivity (Wildman–Crippen MR) is 97.4 cm³/mol. The third kappa shape index (κ3) is 4.19. The third-order valence-corrected chi connectivity index (χ3v) is 7.27. The maximum absolute atomic E-state index is 12.8. The lowest BCUT2D eigenvalue weighted by molar-refractivity contribution is -0.255. The number of thiophene rings is 1. The minimum absolute atomic E-state index is 0.00106. The molecule has 2 aromatic rings. The summed E-state index contributed by atoms with van der Waals surface area (Å²) >= 11 is 1.09. The molecule has 2 heterocycles. The van der Waals surface area contributed by atoms with Crippen LogP contribution in [0.4, 0.5) is 5.69 Å². The Morgan fingerprint density at radius 3 is 2.41 bits per heavy atom. The van der Waals surface area contributed by atoms with Gasteiger partial charge in [-0.2, -0.15) is 4.31 Å². The number of anilines is 1. The van der Waals surface area contributed by atoms with E-state index in [-0.39, 0.29) is 28.4 Å². The van der Waals surface area contributed by atoms with Crippen LogP contribution in [0, 0.1) is 6.92 Å². The van der Waals surface area contributed by atoms with Crippen LogP contribution in [-0.2, 0) is 14.8 Å². The first-order valence-corrected chi connectivity index (χ1v) is 10.4. The van der Waals surface area contributed by atoms with Gasteiger partial charge >= 0.3 is 0 Å². The van der Waals surface area contributed by atoms with Crippen LogP contribution in [0.25, 0.3) is 0 Å². The molecule has 1 aliphatic heterocycles. The summed E-state index contributed by atoms with van der Waals surface area (Å²) in [7, 11) is -3.68. The van der Waals surface area contributed by atoms with Crippen LogP contribution in [0.5, 0.6) is 0 Å². The lowest BCUT2D eigenvalue weighted by Crippen LogP contribution is -2.40. The van der Waals surface area contributed by atoms with Crippen LogP contribution in [0.2, 0.25) is 0 Å². The number of carbonyl (C=O) groups is 2. The molecule has 0 atom stereocenters. The number of amides is 1. The molecule has 0 unspecified atom stereocenters. The van der Waals surface area contributed by atoms with Gasteiger partial charge in [0.15, 0.2) is 0 Å². The van der Waals surface area contributed by atoms with E-state index < -0.39 is 21.9 Å². The third-order valence-electron chi connectivity index (χ3n) is 4.06. The van der Waals surface area contributed by atoms with Gasteiger partial charge in [0.25, 0.3) is 5.91 Å².